The second kappa shape index (κ2) is 5.76. The van der Waals surface area contributed by atoms with E-state index in [2.05, 4.69) is 5.32 Å². The number of benzene rings is 1. The lowest BCUT2D eigenvalue weighted by atomic mass is 10.1. The van der Waals surface area contributed by atoms with Crippen molar-refractivity contribution in [3.8, 4) is 0 Å². The molecule has 18 heavy (non-hydrogen) atoms. The van der Waals surface area contributed by atoms with Gasteiger partial charge in [-0.2, -0.15) is 0 Å². The molecule has 1 aromatic rings. The highest BCUT2D eigenvalue weighted by Gasteiger charge is 2.19. The number of hydrogen-bond acceptors (Lipinski definition) is 4. The predicted molar refractivity (Wildman–Crippen MR) is 62.3 cm³/mol. The molecule has 0 aliphatic rings. The Labute approximate surface area is 103 Å². The molecule has 0 saturated carbocycles. The van der Waals surface area contributed by atoms with Crippen LogP contribution in [0.1, 0.15) is 23.7 Å². The fourth-order valence-electron chi connectivity index (χ4n) is 1.34. The van der Waals surface area contributed by atoms with E-state index in [4.69, 9.17) is 5.11 Å². The molecule has 0 bridgehead atoms. The summed E-state index contributed by atoms with van der Waals surface area (Å²) in [4.78, 5) is 32.4. The minimum atomic E-state index is -1.14. The lowest BCUT2D eigenvalue weighted by molar-refractivity contribution is -0.384. The maximum atomic E-state index is 11.7. The van der Waals surface area contributed by atoms with Gasteiger partial charge in [-0.15, -0.1) is 0 Å². The van der Waals surface area contributed by atoms with Crippen molar-refractivity contribution >= 4 is 17.6 Å². The quantitative estimate of drug-likeness (QED) is 0.604. The van der Waals surface area contributed by atoms with Crippen molar-refractivity contribution in [2.75, 3.05) is 0 Å². The van der Waals surface area contributed by atoms with Crippen LogP contribution in [0, 0.1) is 10.1 Å². The molecule has 0 saturated heterocycles. The zero-order valence-electron chi connectivity index (χ0n) is 9.62. The van der Waals surface area contributed by atoms with Crippen LogP contribution in [-0.4, -0.2) is 27.9 Å². The first-order valence-electron chi connectivity index (χ1n) is 5.23. The van der Waals surface area contributed by atoms with E-state index >= 15 is 0 Å². The lowest BCUT2D eigenvalue weighted by Gasteiger charge is -2.11. The van der Waals surface area contributed by atoms with E-state index in [9.17, 15) is 19.7 Å². The van der Waals surface area contributed by atoms with E-state index in [1.54, 1.807) is 6.92 Å². The van der Waals surface area contributed by atoms with Crippen molar-refractivity contribution in [1.82, 2.24) is 5.32 Å². The average Bonchev–Trinajstić information content (AvgIpc) is 2.35. The zero-order valence-corrected chi connectivity index (χ0v) is 9.62. The van der Waals surface area contributed by atoms with Gasteiger partial charge in [0.25, 0.3) is 11.6 Å². The van der Waals surface area contributed by atoms with Crippen molar-refractivity contribution < 1.29 is 19.6 Å². The van der Waals surface area contributed by atoms with E-state index in [-0.39, 0.29) is 17.7 Å². The van der Waals surface area contributed by atoms with Crippen LogP contribution in [0.15, 0.2) is 24.3 Å². The van der Waals surface area contributed by atoms with Gasteiger partial charge in [-0.25, -0.2) is 4.79 Å². The van der Waals surface area contributed by atoms with E-state index in [1.807, 2.05) is 0 Å². The molecule has 2 N–H and O–H groups in total. The molecule has 0 radical (unpaired) electrons. The van der Waals surface area contributed by atoms with Crippen molar-refractivity contribution in [3.05, 3.63) is 39.9 Å². The molecule has 0 aliphatic carbocycles. The Bertz CT molecular complexity index is 486. The number of nitrogens with one attached hydrogen (secondary N) is 1. The Morgan fingerprint density at radius 2 is 2.17 bits per heavy atom. The molecule has 96 valence electrons. The van der Waals surface area contributed by atoms with Gasteiger partial charge < -0.3 is 10.4 Å². The largest absolute Gasteiger partial charge is 0.480 e. The molecule has 0 spiro atoms. The summed E-state index contributed by atoms with van der Waals surface area (Å²) in [6, 6.07) is 4.11. The highest BCUT2D eigenvalue weighted by Crippen LogP contribution is 2.13. The predicted octanol–water partition coefficient (Wildman–Crippen LogP) is 1.19. The molecule has 7 heteroatoms. The van der Waals surface area contributed by atoms with Crippen LogP contribution in [0.2, 0.25) is 0 Å². The minimum absolute atomic E-state index is 0.0592. The van der Waals surface area contributed by atoms with Crippen LogP contribution in [0.5, 0.6) is 0 Å². The summed E-state index contributed by atoms with van der Waals surface area (Å²) in [7, 11) is 0. The average molecular weight is 252 g/mol. The maximum Gasteiger partial charge on any atom is 0.326 e. The first-order chi connectivity index (χ1) is 8.45. The number of nitrogens with zero attached hydrogens (tertiary/aromatic N) is 1. The molecular weight excluding hydrogens is 240 g/mol. The number of carboxylic acids is 1. The van der Waals surface area contributed by atoms with Gasteiger partial charge in [0.2, 0.25) is 0 Å². The third-order valence-corrected chi connectivity index (χ3v) is 2.33. The van der Waals surface area contributed by atoms with Crippen LogP contribution in [0.25, 0.3) is 0 Å². The number of nitro benzene ring substituents is 1. The molecule has 1 rings (SSSR count). The number of nitro groups is 1. The van der Waals surface area contributed by atoms with E-state index in [0.29, 0.717) is 0 Å². The summed E-state index contributed by atoms with van der Waals surface area (Å²) in [5.41, 5.74) is -0.157. The SMILES string of the molecule is CCC(NC(=O)c1cccc([N+](=O)[O-])c1)C(=O)O. The second-order valence-corrected chi connectivity index (χ2v) is 3.58. The van der Waals surface area contributed by atoms with Crippen LogP contribution in [0.4, 0.5) is 5.69 Å². The van der Waals surface area contributed by atoms with Crippen molar-refractivity contribution in [1.29, 1.82) is 0 Å². The third kappa shape index (κ3) is 3.27. The molecule has 1 aromatic carbocycles. The molecule has 0 fully saturated rings. The van der Waals surface area contributed by atoms with Crippen LogP contribution < -0.4 is 5.32 Å². The van der Waals surface area contributed by atoms with E-state index < -0.39 is 22.8 Å². The summed E-state index contributed by atoms with van der Waals surface area (Å²) in [6.45, 7) is 1.62. The maximum absolute atomic E-state index is 11.7. The van der Waals surface area contributed by atoms with Crippen LogP contribution in [0.3, 0.4) is 0 Å². The highest BCUT2D eigenvalue weighted by molar-refractivity contribution is 5.97. The van der Waals surface area contributed by atoms with Crippen LogP contribution in [-0.2, 0) is 4.79 Å². The fourth-order valence-corrected chi connectivity index (χ4v) is 1.34. The smallest absolute Gasteiger partial charge is 0.326 e. The van der Waals surface area contributed by atoms with E-state index in [1.165, 1.54) is 18.2 Å². The number of rotatable bonds is 5. The van der Waals surface area contributed by atoms with Gasteiger partial charge in [-0.05, 0) is 12.5 Å². The Balaban J connectivity index is 2.87. The molecule has 7 nitrogen and oxygen atoms in total. The van der Waals surface area contributed by atoms with E-state index in [0.717, 1.165) is 6.07 Å². The van der Waals surface area contributed by atoms with Crippen molar-refractivity contribution in [3.63, 3.8) is 0 Å². The number of hydrogen-bond donors (Lipinski definition) is 2. The first-order valence-corrected chi connectivity index (χ1v) is 5.23. The lowest BCUT2D eigenvalue weighted by Crippen LogP contribution is -2.40. The second-order valence-electron chi connectivity index (χ2n) is 3.58. The van der Waals surface area contributed by atoms with Gasteiger partial charge >= 0.3 is 5.97 Å². The van der Waals surface area contributed by atoms with Crippen molar-refractivity contribution in [2.45, 2.75) is 19.4 Å². The normalized spacial score (nSPS) is 11.6. The Hall–Kier alpha value is -2.44. The molecule has 0 aliphatic heterocycles. The molecule has 0 aromatic heterocycles. The molecule has 1 amide bonds. The number of amides is 1. The molecular formula is C11H12N2O5. The van der Waals surface area contributed by atoms with Gasteiger partial charge in [0.05, 0.1) is 4.92 Å². The van der Waals surface area contributed by atoms with Gasteiger partial charge in [0, 0.05) is 17.7 Å². The minimum Gasteiger partial charge on any atom is -0.480 e. The topological polar surface area (TPSA) is 110 Å². The van der Waals surface area contributed by atoms with Gasteiger partial charge in [0.15, 0.2) is 0 Å². The number of non-ortho nitro benzene ring substituents is 1. The summed E-state index contributed by atoms with van der Waals surface area (Å²) >= 11 is 0. The van der Waals surface area contributed by atoms with Gasteiger partial charge in [-0.3, -0.25) is 14.9 Å². The Morgan fingerprint density at radius 3 is 2.67 bits per heavy atom. The standard InChI is InChI=1S/C11H12N2O5/c1-2-9(11(15)16)12-10(14)7-4-3-5-8(6-7)13(17)18/h3-6,9H,2H2,1H3,(H,12,14)(H,15,16). The van der Waals surface area contributed by atoms with Crippen molar-refractivity contribution in [2.24, 2.45) is 0 Å². The van der Waals surface area contributed by atoms with Gasteiger partial charge in [-0.1, -0.05) is 13.0 Å². The number of carboxylic acid groups (broad SMARTS) is 1. The number of carbonyl (C=O) groups is 2. The Kier molecular flexibility index (Phi) is 4.36. The molecule has 1 unspecified atom stereocenters. The third-order valence-electron chi connectivity index (χ3n) is 2.33. The number of aliphatic carboxylic acids is 1. The highest BCUT2D eigenvalue weighted by atomic mass is 16.6. The summed E-state index contributed by atoms with van der Waals surface area (Å²) in [6.07, 6.45) is 0.232. The first kappa shape index (κ1) is 13.6. The summed E-state index contributed by atoms with van der Waals surface area (Å²) in [5.74, 6) is -1.79. The molecule has 0 heterocycles. The zero-order chi connectivity index (χ0) is 13.7. The molecule has 1 atom stereocenters. The Morgan fingerprint density at radius 1 is 1.50 bits per heavy atom. The van der Waals surface area contributed by atoms with Gasteiger partial charge in [0.1, 0.15) is 6.04 Å². The monoisotopic (exact) mass is 252 g/mol. The van der Waals surface area contributed by atoms with Crippen LogP contribution >= 0.6 is 0 Å². The fraction of sp³-hybridized carbons (Fsp3) is 0.273. The summed E-state index contributed by atoms with van der Waals surface area (Å²) < 4.78 is 0. The summed E-state index contributed by atoms with van der Waals surface area (Å²) in [5, 5.41) is 21.6. The number of carbonyl (C=O) groups excluding carboxylic acids is 1.